The summed E-state index contributed by atoms with van der Waals surface area (Å²) < 4.78 is 5.28. The maximum atomic E-state index is 9.22. The van der Waals surface area contributed by atoms with Crippen LogP contribution in [0.15, 0.2) is 33.8 Å². The third-order valence-electron chi connectivity index (χ3n) is 4.27. The van der Waals surface area contributed by atoms with Crippen LogP contribution in [-0.2, 0) is 6.54 Å². The first-order valence-corrected chi connectivity index (χ1v) is 9.10. The molecule has 0 bridgehead atoms. The molecular formula is C18H21ClN6O. The maximum Gasteiger partial charge on any atom is 0.248 e. The van der Waals surface area contributed by atoms with Crippen molar-refractivity contribution < 1.29 is 4.52 Å². The first-order chi connectivity index (χ1) is 12.7. The average molecular weight is 373 g/mol. The number of guanidine groups is 1. The molecule has 26 heavy (non-hydrogen) atoms. The van der Waals surface area contributed by atoms with E-state index in [9.17, 15) is 5.26 Å². The maximum absolute atomic E-state index is 9.22. The van der Waals surface area contributed by atoms with Crippen molar-refractivity contribution in [3.63, 3.8) is 0 Å². The Balaban J connectivity index is 1.67. The van der Waals surface area contributed by atoms with E-state index >= 15 is 0 Å². The van der Waals surface area contributed by atoms with Gasteiger partial charge in [-0.2, -0.15) is 10.2 Å². The normalized spacial score (nSPS) is 20.0. The van der Waals surface area contributed by atoms with Gasteiger partial charge in [0.05, 0.1) is 12.0 Å². The molecule has 0 amide bonds. The van der Waals surface area contributed by atoms with E-state index in [0.717, 1.165) is 31.4 Å². The summed E-state index contributed by atoms with van der Waals surface area (Å²) in [6, 6.07) is 9.78. The summed E-state index contributed by atoms with van der Waals surface area (Å²) in [7, 11) is 0. The summed E-state index contributed by atoms with van der Waals surface area (Å²) in [6.45, 7) is 2.98. The largest absolute Gasteiger partial charge is 0.357 e. The predicted octanol–water partition coefficient (Wildman–Crippen LogP) is 3.14. The molecule has 136 valence electrons. The van der Waals surface area contributed by atoms with Gasteiger partial charge in [0.2, 0.25) is 11.7 Å². The number of hydrogen-bond acceptors (Lipinski definition) is 5. The van der Waals surface area contributed by atoms with Gasteiger partial charge in [-0.25, -0.2) is 4.99 Å². The first kappa shape index (κ1) is 18.2. The second-order valence-electron chi connectivity index (χ2n) is 6.13. The summed E-state index contributed by atoms with van der Waals surface area (Å²) in [6.07, 6.45) is 2.96. The van der Waals surface area contributed by atoms with E-state index < -0.39 is 0 Å². The van der Waals surface area contributed by atoms with Crippen LogP contribution < -0.4 is 10.6 Å². The van der Waals surface area contributed by atoms with Crippen molar-refractivity contribution in [2.24, 2.45) is 10.9 Å². The molecule has 1 aromatic carbocycles. The highest BCUT2D eigenvalue weighted by Gasteiger charge is 2.27. The molecule has 2 unspecified atom stereocenters. The van der Waals surface area contributed by atoms with Gasteiger partial charge in [0.25, 0.3) is 0 Å². The van der Waals surface area contributed by atoms with Crippen LogP contribution in [0, 0.1) is 17.2 Å². The van der Waals surface area contributed by atoms with Crippen molar-refractivity contribution in [2.75, 3.05) is 6.54 Å². The fourth-order valence-electron chi connectivity index (χ4n) is 2.99. The summed E-state index contributed by atoms with van der Waals surface area (Å²) in [5, 5.41) is 20.4. The number of benzene rings is 1. The molecular weight excluding hydrogens is 352 g/mol. The van der Waals surface area contributed by atoms with E-state index in [2.05, 4.69) is 31.8 Å². The Labute approximate surface area is 157 Å². The van der Waals surface area contributed by atoms with Crippen LogP contribution in [0.1, 0.15) is 32.1 Å². The van der Waals surface area contributed by atoms with Crippen LogP contribution in [0.2, 0.25) is 5.02 Å². The van der Waals surface area contributed by atoms with E-state index in [1.165, 1.54) is 0 Å². The van der Waals surface area contributed by atoms with E-state index in [1.54, 1.807) is 12.1 Å². The number of rotatable bonds is 5. The van der Waals surface area contributed by atoms with Crippen molar-refractivity contribution in [1.29, 1.82) is 5.26 Å². The highest BCUT2D eigenvalue weighted by molar-refractivity contribution is 6.30. The van der Waals surface area contributed by atoms with E-state index in [4.69, 9.17) is 16.1 Å². The molecule has 2 atom stereocenters. The second kappa shape index (κ2) is 8.68. The number of halogens is 1. The highest BCUT2D eigenvalue weighted by atomic mass is 35.5. The zero-order valence-electron chi connectivity index (χ0n) is 14.6. The smallest absolute Gasteiger partial charge is 0.248 e. The Hall–Kier alpha value is -2.59. The quantitative estimate of drug-likeness (QED) is 0.617. The topological polar surface area (TPSA) is 99.1 Å². The lowest BCUT2D eigenvalue weighted by molar-refractivity contribution is 0.380. The van der Waals surface area contributed by atoms with Gasteiger partial charge in [0, 0.05) is 23.2 Å². The van der Waals surface area contributed by atoms with E-state index in [0.29, 0.717) is 22.7 Å². The third-order valence-corrected chi connectivity index (χ3v) is 4.51. The molecule has 1 aromatic heterocycles. The van der Waals surface area contributed by atoms with E-state index in [1.807, 2.05) is 19.1 Å². The molecule has 1 fully saturated rings. The molecule has 1 aliphatic carbocycles. The van der Waals surface area contributed by atoms with Gasteiger partial charge in [0.1, 0.15) is 6.54 Å². The van der Waals surface area contributed by atoms with Crippen molar-refractivity contribution in [3.8, 4) is 17.5 Å². The van der Waals surface area contributed by atoms with Gasteiger partial charge in [-0.05, 0) is 38.3 Å². The number of aromatic nitrogens is 2. The first-order valence-electron chi connectivity index (χ1n) is 8.72. The molecule has 0 radical (unpaired) electrons. The molecule has 1 heterocycles. The number of aliphatic imine (C=N–C) groups is 1. The van der Waals surface area contributed by atoms with Crippen LogP contribution in [-0.4, -0.2) is 28.7 Å². The average Bonchev–Trinajstić information content (AvgIpc) is 3.29. The minimum absolute atomic E-state index is 0.0247. The minimum Gasteiger partial charge on any atom is -0.357 e. The van der Waals surface area contributed by atoms with Crippen LogP contribution in [0.3, 0.4) is 0 Å². The monoisotopic (exact) mass is 372 g/mol. The van der Waals surface area contributed by atoms with E-state index in [-0.39, 0.29) is 18.5 Å². The fraction of sp³-hybridized carbons (Fsp3) is 0.444. The molecule has 7 nitrogen and oxygen atoms in total. The van der Waals surface area contributed by atoms with Gasteiger partial charge < -0.3 is 15.2 Å². The number of hydrogen-bond donors (Lipinski definition) is 2. The fourth-order valence-corrected chi connectivity index (χ4v) is 3.18. The Morgan fingerprint density at radius 3 is 3.12 bits per heavy atom. The highest BCUT2D eigenvalue weighted by Crippen LogP contribution is 2.24. The molecule has 8 heteroatoms. The van der Waals surface area contributed by atoms with Crippen molar-refractivity contribution in [1.82, 2.24) is 20.8 Å². The SMILES string of the molecule is CCNC(=NCc1nc(-c2cccc(Cl)c2)no1)NC1CCCC1C#N. The predicted molar refractivity (Wildman–Crippen MR) is 99.4 cm³/mol. The molecule has 0 saturated heterocycles. The molecule has 3 rings (SSSR count). The van der Waals surface area contributed by atoms with Crippen LogP contribution in [0.4, 0.5) is 0 Å². The third kappa shape index (κ3) is 4.52. The Morgan fingerprint density at radius 1 is 1.46 bits per heavy atom. The molecule has 2 N–H and O–H groups in total. The molecule has 0 spiro atoms. The molecule has 1 saturated carbocycles. The van der Waals surface area contributed by atoms with Crippen LogP contribution >= 0.6 is 11.6 Å². The van der Waals surface area contributed by atoms with Crippen LogP contribution in [0.25, 0.3) is 11.4 Å². The van der Waals surface area contributed by atoms with Gasteiger partial charge in [-0.3, -0.25) is 0 Å². The van der Waals surface area contributed by atoms with Crippen molar-refractivity contribution in [3.05, 3.63) is 35.2 Å². The lowest BCUT2D eigenvalue weighted by Crippen LogP contribution is -2.44. The lowest BCUT2D eigenvalue weighted by Gasteiger charge is -2.19. The van der Waals surface area contributed by atoms with Gasteiger partial charge in [-0.1, -0.05) is 28.9 Å². The van der Waals surface area contributed by atoms with Gasteiger partial charge >= 0.3 is 0 Å². The lowest BCUT2D eigenvalue weighted by atomic mass is 10.1. The standard InChI is InChI=1S/C18H21ClN6O/c1-2-21-18(23-15-8-4-6-13(15)10-20)22-11-16-24-17(25-26-16)12-5-3-7-14(19)9-12/h3,5,7,9,13,15H,2,4,6,8,11H2,1H3,(H2,21,22,23). The van der Waals surface area contributed by atoms with Crippen molar-refractivity contribution in [2.45, 2.75) is 38.8 Å². The summed E-state index contributed by atoms with van der Waals surface area (Å²) in [4.78, 5) is 8.87. The van der Waals surface area contributed by atoms with Gasteiger partial charge in [-0.15, -0.1) is 0 Å². The van der Waals surface area contributed by atoms with Crippen LogP contribution in [0.5, 0.6) is 0 Å². The number of nitriles is 1. The zero-order valence-corrected chi connectivity index (χ0v) is 15.3. The zero-order chi connectivity index (χ0) is 18.4. The number of nitrogens with one attached hydrogen (secondary N) is 2. The van der Waals surface area contributed by atoms with Crippen molar-refractivity contribution >= 4 is 17.6 Å². The second-order valence-corrected chi connectivity index (χ2v) is 6.57. The molecule has 1 aliphatic rings. The Kier molecular flexibility index (Phi) is 6.08. The van der Waals surface area contributed by atoms with Gasteiger partial charge in [0.15, 0.2) is 5.96 Å². The summed E-state index contributed by atoms with van der Waals surface area (Å²) in [5.41, 5.74) is 0.796. The Bertz CT molecular complexity index is 812. The summed E-state index contributed by atoms with van der Waals surface area (Å²) in [5.74, 6) is 1.58. The Morgan fingerprint density at radius 2 is 2.35 bits per heavy atom. The molecule has 2 aromatic rings. The molecule has 0 aliphatic heterocycles. The summed E-state index contributed by atoms with van der Waals surface area (Å²) >= 11 is 6.00. The minimum atomic E-state index is 0.0247. The number of nitrogens with zero attached hydrogens (tertiary/aromatic N) is 4.